The molecule has 1 aliphatic rings. The van der Waals surface area contributed by atoms with Crippen LogP contribution in [0.1, 0.15) is 42.9 Å². The topological polar surface area (TPSA) is 12.0 Å². The number of hydrogen-bond acceptors (Lipinski definition) is 1. The molecule has 0 radical (unpaired) electrons. The molecular formula is C15H21F2N. The molecule has 1 saturated heterocycles. The van der Waals surface area contributed by atoms with E-state index in [4.69, 9.17) is 0 Å². The van der Waals surface area contributed by atoms with E-state index in [2.05, 4.69) is 5.32 Å². The maximum absolute atomic E-state index is 13.3. The van der Waals surface area contributed by atoms with E-state index in [1.54, 1.807) is 13.0 Å². The largest absolute Gasteiger partial charge is 0.314 e. The van der Waals surface area contributed by atoms with E-state index < -0.39 is 5.92 Å². The van der Waals surface area contributed by atoms with Gasteiger partial charge in [-0.3, -0.25) is 0 Å². The summed E-state index contributed by atoms with van der Waals surface area (Å²) in [5.74, 6) is -2.74. The van der Waals surface area contributed by atoms with E-state index in [1.165, 1.54) is 19.3 Å². The van der Waals surface area contributed by atoms with Crippen molar-refractivity contribution >= 4 is 0 Å². The van der Waals surface area contributed by atoms with Crippen LogP contribution in [0.2, 0.25) is 0 Å². The fourth-order valence-electron chi connectivity index (χ4n) is 2.73. The first-order chi connectivity index (χ1) is 8.47. The third-order valence-corrected chi connectivity index (χ3v) is 3.66. The standard InChI is InChI=1S/C15H21F2N/c1-11-9-12(6-7-14(11)15(2,16)17)10-13-5-3-4-8-18-13/h6-7,9,13,18H,3-5,8,10H2,1-2H3. The van der Waals surface area contributed by atoms with Crippen molar-refractivity contribution in [2.24, 2.45) is 0 Å². The lowest BCUT2D eigenvalue weighted by Crippen LogP contribution is -2.35. The second kappa shape index (κ2) is 5.35. The summed E-state index contributed by atoms with van der Waals surface area (Å²) < 4.78 is 26.6. The molecule has 1 aliphatic heterocycles. The summed E-state index contributed by atoms with van der Waals surface area (Å²) in [6, 6.07) is 5.83. The first kappa shape index (κ1) is 13.5. The zero-order chi connectivity index (χ0) is 13.2. The van der Waals surface area contributed by atoms with Gasteiger partial charge in [0.2, 0.25) is 0 Å². The SMILES string of the molecule is Cc1cc(CC2CCCCN2)ccc1C(C)(F)F. The van der Waals surface area contributed by atoms with Crippen molar-refractivity contribution in [3.8, 4) is 0 Å². The second-order valence-electron chi connectivity index (χ2n) is 5.39. The van der Waals surface area contributed by atoms with Gasteiger partial charge in [0.1, 0.15) is 0 Å². The van der Waals surface area contributed by atoms with Gasteiger partial charge in [-0.25, -0.2) is 8.78 Å². The summed E-state index contributed by atoms with van der Waals surface area (Å²) in [7, 11) is 0. The molecule has 0 spiro atoms. The van der Waals surface area contributed by atoms with E-state index in [1.807, 2.05) is 12.1 Å². The first-order valence-corrected chi connectivity index (χ1v) is 6.68. The van der Waals surface area contributed by atoms with Gasteiger partial charge in [0.05, 0.1) is 0 Å². The van der Waals surface area contributed by atoms with Crippen LogP contribution in [0.4, 0.5) is 8.78 Å². The van der Waals surface area contributed by atoms with Crippen LogP contribution in [0.3, 0.4) is 0 Å². The van der Waals surface area contributed by atoms with Gasteiger partial charge in [-0.1, -0.05) is 24.6 Å². The van der Waals surface area contributed by atoms with E-state index >= 15 is 0 Å². The highest BCUT2D eigenvalue weighted by atomic mass is 19.3. The molecule has 1 unspecified atom stereocenters. The van der Waals surface area contributed by atoms with Crippen molar-refractivity contribution in [2.45, 2.75) is 51.5 Å². The van der Waals surface area contributed by atoms with Crippen LogP contribution in [-0.4, -0.2) is 12.6 Å². The van der Waals surface area contributed by atoms with Gasteiger partial charge in [0.25, 0.3) is 5.92 Å². The summed E-state index contributed by atoms with van der Waals surface area (Å²) in [6.07, 6.45) is 4.64. The maximum atomic E-state index is 13.3. The summed E-state index contributed by atoms with van der Waals surface area (Å²) in [4.78, 5) is 0. The fourth-order valence-corrected chi connectivity index (χ4v) is 2.73. The second-order valence-corrected chi connectivity index (χ2v) is 5.39. The van der Waals surface area contributed by atoms with Crippen molar-refractivity contribution < 1.29 is 8.78 Å². The van der Waals surface area contributed by atoms with Crippen molar-refractivity contribution in [1.29, 1.82) is 0 Å². The third-order valence-electron chi connectivity index (χ3n) is 3.66. The van der Waals surface area contributed by atoms with Gasteiger partial charge < -0.3 is 5.32 Å². The number of hydrogen-bond donors (Lipinski definition) is 1. The van der Waals surface area contributed by atoms with Gasteiger partial charge in [0.15, 0.2) is 0 Å². The Bertz CT molecular complexity index is 403. The van der Waals surface area contributed by atoms with Crippen LogP contribution in [0.5, 0.6) is 0 Å². The van der Waals surface area contributed by atoms with Gasteiger partial charge in [0, 0.05) is 18.5 Å². The maximum Gasteiger partial charge on any atom is 0.270 e. The molecule has 1 nitrogen and oxygen atoms in total. The zero-order valence-corrected chi connectivity index (χ0v) is 11.1. The molecular weight excluding hydrogens is 232 g/mol. The normalized spacial score (nSPS) is 21.0. The molecule has 0 saturated carbocycles. The molecule has 1 heterocycles. The lowest BCUT2D eigenvalue weighted by Gasteiger charge is -2.24. The number of halogens is 2. The van der Waals surface area contributed by atoms with Crippen molar-refractivity contribution in [3.63, 3.8) is 0 Å². The quantitative estimate of drug-likeness (QED) is 0.864. The van der Waals surface area contributed by atoms with Gasteiger partial charge in [-0.2, -0.15) is 0 Å². The molecule has 1 aromatic carbocycles. The number of aryl methyl sites for hydroxylation is 1. The minimum atomic E-state index is -2.74. The summed E-state index contributed by atoms with van der Waals surface area (Å²) >= 11 is 0. The molecule has 1 aromatic rings. The van der Waals surface area contributed by atoms with E-state index in [9.17, 15) is 8.78 Å². The lowest BCUT2D eigenvalue weighted by molar-refractivity contribution is 0.0168. The Hall–Kier alpha value is -0.960. The molecule has 3 heteroatoms. The fraction of sp³-hybridized carbons (Fsp3) is 0.600. The highest BCUT2D eigenvalue weighted by Crippen LogP contribution is 2.30. The smallest absolute Gasteiger partial charge is 0.270 e. The van der Waals surface area contributed by atoms with Crippen LogP contribution < -0.4 is 5.32 Å². The number of rotatable bonds is 3. The predicted molar refractivity (Wildman–Crippen MR) is 70.1 cm³/mol. The van der Waals surface area contributed by atoms with Crippen molar-refractivity contribution in [2.75, 3.05) is 6.54 Å². The number of piperidine rings is 1. The highest BCUT2D eigenvalue weighted by Gasteiger charge is 2.26. The summed E-state index contributed by atoms with van der Waals surface area (Å²) in [5, 5.41) is 3.48. The summed E-state index contributed by atoms with van der Waals surface area (Å²) in [5.41, 5.74) is 1.98. The van der Waals surface area contributed by atoms with Crippen LogP contribution in [0.25, 0.3) is 0 Å². The molecule has 1 atom stereocenters. The molecule has 100 valence electrons. The molecule has 0 bridgehead atoms. The van der Waals surface area contributed by atoms with E-state index in [0.29, 0.717) is 11.6 Å². The van der Waals surface area contributed by atoms with E-state index in [-0.39, 0.29) is 5.56 Å². The Morgan fingerprint density at radius 2 is 2.11 bits per heavy atom. The Balaban J connectivity index is 2.08. The van der Waals surface area contributed by atoms with Gasteiger partial charge >= 0.3 is 0 Å². The number of alkyl halides is 2. The molecule has 1 fully saturated rings. The Kier molecular flexibility index (Phi) is 4.00. The third kappa shape index (κ3) is 3.29. The number of nitrogens with one attached hydrogen (secondary N) is 1. The zero-order valence-electron chi connectivity index (χ0n) is 11.1. The monoisotopic (exact) mass is 253 g/mol. The molecule has 1 N–H and O–H groups in total. The molecule has 0 aromatic heterocycles. The lowest BCUT2D eigenvalue weighted by atomic mass is 9.94. The van der Waals surface area contributed by atoms with Gasteiger partial charge in [-0.05, 0) is 43.9 Å². The predicted octanol–water partition coefficient (Wildman–Crippen LogP) is 3.79. The average Bonchev–Trinajstić information content (AvgIpc) is 2.28. The Labute approximate surface area is 108 Å². The van der Waals surface area contributed by atoms with Crippen molar-refractivity contribution in [1.82, 2.24) is 5.32 Å². The molecule has 0 amide bonds. The van der Waals surface area contributed by atoms with E-state index in [0.717, 1.165) is 25.5 Å². The van der Waals surface area contributed by atoms with Crippen LogP contribution in [0.15, 0.2) is 18.2 Å². The van der Waals surface area contributed by atoms with Crippen LogP contribution in [0, 0.1) is 6.92 Å². The van der Waals surface area contributed by atoms with Crippen molar-refractivity contribution in [3.05, 3.63) is 34.9 Å². The Morgan fingerprint density at radius 1 is 1.33 bits per heavy atom. The van der Waals surface area contributed by atoms with Gasteiger partial charge in [-0.15, -0.1) is 0 Å². The Morgan fingerprint density at radius 3 is 2.67 bits per heavy atom. The minimum absolute atomic E-state index is 0.142. The van der Waals surface area contributed by atoms with Crippen LogP contribution in [-0.2, 0) is 12.3 Å². The molecule has 18 heavy (non-hydrogen) atoms. The number of benzene rings is 1. The first-order valence-electron chi connectivity index (χ1n) is 6.68. The average molecular weight is 253 g/mol. The molecule has 0 aliphatic carbocycles. The highest BCUT2D eigenvalue weighted by molar-refractivity contribution is 5.34. The minimum Gasteiger partial charge on any atom is -0.314 e. The molecule has 2 rings (SSSR count). The summed E-state index contributed by atoms with van der Waals surface area (Å²) in [6.45, 7) is 3.80. The van der Waals surface area contributed by atoms with Crippen LogP contribution >= 0.6 is 0 Å².